The van der Waals surface area contributed by atoms with E-state index in [1.807, 2.05) is 6.92 Å². The number of carboxylic acids is 2. The fraction of sp³-hybridized carbons (Fsp3) is 0.833. The van der Waals surface area contributed by atoms with Crippen LogP contribution in [-0.2, 0) is 9.59 Å². The lowest BCUT2D eigenvalue weighted by Crippen LogP contribution is -2.27. The maximum Gasteiger partial charge on any atom is 0.303 e. The fourth-order valence-corrected chi connectivity index (χ4v) is 1.84. The molecular formula is C12H23NO4. The van der Waals surface area contributed by atoms with E-state index in [9.17, 15) is 9.59 Å². The van der Waals surface area contributed by atoms with Crippen LogP contribution >= 0.6 is 0 Å². The minimum absolute atomic E-state index is 0.00572. The first-order valence-corrected chi connectivity index (χ1v) is 6.12. The van der Waals surface area contributed by atoms with E-state index >= 15 is 0 Å². The maximum absolute atomic E-state index is 10.5. The van der Waals surface area contributed by atoms with Crippen molar-refractivity contribution in [2.45, 2.75) is 57.9 Å². The largest absolute Gasteiger partial charge is 0.481 e. The molecule has 0 radical (unpaired) electrons. The second-order valence-electron chi connectivity index (χ2n) is 4.54. The van der Waals surface area contributed by atoms with Gasteiger partial charge in [0.15, 0.2) is 0 Å². The zero-order valence-electron chi connectivity index (χ0n) is 10.4. The molecule has 0 heterocycles. The van der Waals surface area contributed by atoms with Crippen LogP contribution in [0.1, 0.15) is 51.9 Å². The summed E-state index contributed by atoms with van der Waals surface area (Å²) in [5.74, 6) is -1.34. The van der Waals surface area contributed by atoms with Crippen LogP contribution in [0.25, 0.3) is 0 Å². The highest BCUT2D eigenvalue weighted by Crippen LogP contribution is 2.18. The fourth-order valence-electron chi connectivity index (χ4n) is 1.84. The van der Waals surface area contributed by atoms with Gasteiger partial charge in [-0.3, -0.25) is 9.59 Å². The van der Waals surface area contributed by atoms with Crippen molar-refractivity contribution in [1.29, 1.82) is 0 Å². The molecule has 0 fully saturated rings. The molecule has 0 saturated carbocycles. The van der Waals surface area contributed by atoms with Crippen molar-refractivity contribution in [3.8, 4) is 0 Å². The lowest BCUT2D eigenvalue weighted by atomic mass is 9.90. The second kappa shape index (κ2) is 8.98. The Morgan fingerprint density at radius 1 is 1.00 bits per heavy atom. The Morgan fingerprint density at radius 2 is 1.59 bits per heavy atom. The Balaban J connectivity index is 3.70. The summed E-state index contributed by atoms with van der Waals surface area (Å²) in [6, 6.07) is -0.00572. The Morgan fingerprint density at radius 3 is 2.06 bits per heavy atom. The molecule has 0 aliphatic carbocycles. The van der Waals surface area contributed by atoms with Crippen molar-refractivity contribution in [2.24, 2.45) is 11.7 Å². The Labute approximate surface area is 102 Å². The van der Waals surface area contributed by atoms with Gasteiger partial charge in [-0.25, -0.2) is 0 Å². The minimum atomic E-state index is -0.790. The minimum Gasteiger partial charge on any atom is -0.481 e. The molecule has 0 aromatic carbocycles. The third kappa shape index (κ3) is 9.81. The van der Waals surface area contributed by atoms with Crippen LogP contribution in [0, 0.1) is 5.92 Å². The van der Waals surface area contributed by atoms with Gasteiger partial charge in [0.2, 0.25) is 0 Å². The number of rotatable bonds is 10. The molecular weight excluding hydrogens is 222 g/mol. The van der Waals surface area contributed by atoms with E-state index < -0.39 is 11.9 Å². The van der Waals surface area contributed by atoms with E-state index in [0.29, 0.717) is 12.8 Å². The number of nitrogens with two attached hydrogens (primary N) is 1. The van der Waals surface area contributed by atoms with E-state index in [2.05, 4.69) is 0 Å². The van der Waals surface area contributed by atoms with E-state index in [4.69, 9.17) is 15.9 Å². The summed E-state index contributed by atoms with van der Waals surface area (Å²) in [7, 11) is 0. The molecule has 100 valence electrons. The van der Waals surface area contributed by atoms with Gasteiger partial charge in [0, 0.05) is 18.9 Å². The number of carboxylic acid groups (broad SMARTS) is 2. The molecule has 2 atom stereocenters. The van der Waals surface area contributed by atoms with Gasteiger partial charge in [0.05, 0.1) is 0 Å². The predicted octanol–water partition coefficient (Wildman–Crippen LogP) is 1.85. The van der Waals surface area contributed by atoms with Gasteiger partial charge in [-0.05, 0) is 32.1 Å². The van der Waals surface area contributed by atoms with Gasteiger partial charge in [-0.15, -0.1) is 0 Å². The van der Waals surface area contributed by atoms with E-state index in [1.54, 1.807) is 0 Å². The van der Waals surface area contributed by atoms with Crippen molar-refractivity contribution < 1.29 is 19.8 Å². The number of carbonyl (C=O) groups is 2. The van der Waals surface area contributed by atoms with Crippen LogP contribution in [0.3, 0.4) is 0 Å². The molecule has 0 amide bonds. The summed E-state index contributed by atoms with van der Waals surface area (Å²) in [6.07, 6.45) is 4.30. The van der Waals surface area contributed by atoms with Crippen LogP contribution in [0.15, 0.2) is 0 Å². The zero-order valence-corrected chi connectivity index (χ0v) is 10.4. The summed E-state index contributed by atoms with van der Waals surface area (Å²) < 4.78 is 0. The van der Waals surface area contributed by atoms with Crippen molar-refractivity contribution >= 4 is 11.9 Å². The molecule has 0 aromatic rings. The van der Waals surface area contributed by atoms with Crippen LogP contribution in [0.4, 0.5) is 0 Å². The molecule has 0 bridgehead atoms. The summed E-state index contributed by atoms with van der Waals surface area (Å²) in [4.78, 5) is 20.8. The van der Waals surface area contributed by atoms with E-state index in [1.165, 1.54) is 0 Å². The van der Waals surface area contributed by atoms with Crippen molar-refractivity contribution in [3.05, 3.63) is 0 Å². The first kappa shape index (κ1) is 15.9. The summed E-state index contributed by atoms with van der Waals surface area (Å²) >= 11 is 0. The number of hydrogen-bond donors (Lipinski definition) is 3. The molecule has 5 nitrogen and oxygen atoms in total. The summed E-state index contributed by atoms with van der Waals surface area (Å²) in [6.45, 7) is 1.89. The molecule has 5 heteroatoms. The number of aliphatic carboxylic acids is 2. The number of hydrogen-bond acceptors (Lipinski definition) is 3. The highest BCUT2D eigenvalue weighted by molar-refractivity contribution is 5.66. The molecule has 0 saturated heterocycles. The third-order valence-corrected chi connectivity index (χ3v) is 2.94. The summed E-state index contributed by atoms with van der Waals surface area (Å²) in [5, 5.41) is 17.1. The van der Waals surface area contributed by atoms with Gasteiger partial charge in [-0.2, -0.15) is 0 Å². The topological polar surface area (TPSA) is 101 Å². The molecule has 0 aliphatic heterocycles. The molecule has 17 heavy (non-hydrogen) atoms. The molecule has 0 aliphatic rings. The first-order chi connectivity index (χ1) is 7.93. The van der Waals surface area contributed by atoms with Gasteiger partial charge < -0.3 is 15.9 Å². The van der Waals surface area contributed by atoms with Crippen molar-refractivity contribution in [1.82, 2.24) is 0 Å². The van der Waals surface area contributed by atoms with Crippen LogP contribution in [-0.4, -0.2) is 28.2 Å². The standard InChI is InChI=1S/C12H23NO4/c1-9(13)10(7-8-12(16)17)5-3-2-4-6-11(14)15/h9-10H,2-8,13H2,1H3,(H,14,15)(H,16,17). The molecule has 0 aromatic heterocycles. The summed E-state index contributed by atoms with van der Waals surface area (Å²) in [5.41, 5.74) is 5.80. The Kier molecular flexibility index (Phi) is 8.40. The highest BCUT2D eigenvalue weighted by Gasteiger charge is 2.14. The van der Waals surface area contributed by atoms with Crippen molar-refractivity contribution in [2.75, 3.05) is 0 Å². The maximum atomic E-state index is 10.5. The van der Waals surface area contributed by atoms with Gasteiger partial charge >= 0.3 is 11.9 Å². The van der Waals surface area contributed by atoms with Crippen LogP contribution in [0.2, 0.25) is 0 Å². The monoisotopic (exact) mass is 245 g/mol. The van der Waals surface area contributed by atoms with Gasteiger partial charge in [0.25, 0.3) is 0 Å². The molecule has 0 rings (SSSR count). The molecule has 2 unspecified atom stereocenters. The van der Waals surface area contributed by atoms with Gasteiger partial charge in [-0.1, -0.05) is 12.8 Å². The Hall–Kier alpha value is -1.10. The smallest absolute Gasteiger partial charge is 0.303 e. The predicted molar refractivity (Wildman–Crippen MR) is 64.7 cm³/mol. The molecule has 0 spiro atoms. The SMILES string of the molecule is CC(N)C(CCCCCC(=O)O)CCC(=O)O. The molecule has 4 N–H and O–H groups in total. The average molecular weight is 245 g/mol. The first-order valence-electron chi connectivity index (χ1n) is 6.12. The van der Waals surface area contributed by atoms with E-state index in [-0.39, 0.29) is 24.8 Å². The van der Waals surface area contributed by atoms with Crippen LogP contribution in [0.5, 0.6) is 0 Å². The van der Waals surface area contributed by atoms with Gasteiger partial charge in [0.1, 0.15) is 0 Å². The highest BCUT2D eigenvalue weighted by atomic mass is 16.4. The van der Waals surface area contributed by atoms with Crippen molar-refractivity contribution in [3.63, 3.8) is 0 Å². The lowest BCUT2D eigenvalue weighted by Gasteiger charge is -2.19. The van der Waals surface area contributed by atoms with Crippen LogP contribution < -0.4 is 5.73 Å². The average Bonchev–Trinajstić information content (AvgIpc) is 2.20. The quantitative estimate of drug-likeness (QED) is 0.510. The lowest BCUT2D eigenvalue weighted by molar-refractivity contribution is -0.138. The Bertz CT molecular complexity index is 241. The normalized spacial score (nSPS) is 14.2. The third-order valence-electron chi connectivity index (χ3n) is 2.94. The number of unbranched alkanes of at least 4 members (excludes halogenated alkanes) is 2. The second-order valence-corrected chi connectivity index (χ2v) is 4.54. The zero-order chi connectivity index (χ0) is 13.3. The van der Waals surface area contributed by atoms with E-state index in [0.717, 1.165) is 19.3 Å².